The van der Waals surface area contributed by atoms with E-state index in [9.17, 15) is 4.79 Å². The van der Waals surface area contributed by atoms with Crippen molar-refractivity contribution in [2.24, 2.45) is 0 Å². The van der Waals surface area contributed by atoms with E-state index in [1.54, 1.807) is 24.3 Å². The van der Waals surface area contributed by atoms with E-state index in [-0.39, 0.29) is 5.78 Å². The first kappa shape index (κ1) is 11.3. The van der Waals surface area contributed by atoms with Crippen LogP contribution < -0.4 is 4.74 Å². The minimum absolute atomic E-state index is 0.0221. The normalized spacial score (nSPS) is 11.5. The third kappa shape index (κ3) is 3.10. The van der Waals surface area contributed by atoms with Crippen LogP contribution in [0.3, 0.4) is 0 Å². The summed E-state index contributed by atoms with van der Waals surface area (Å²) in [6.07, 6.45) is 0.221. The number of nitriles is 1. The topological polar surface area (TPSA) is 50.1 Å². The summed E-state index contributed by atoms with van der Waals surface area (Å²) < 4.78 is 5.38. The van der Waals surface area contributed by atoms with Crippen molar-refractivity contribution in [2.75, 3.05) is 0 Å². The van der Waals surface area contributed by atoms with E-state index in [1.807, 2.05) is 13.0 Å². The SMILES string of the molecule is CCC(C#N)Oc1ccc(C(C)=O)cc1. The second-order valence-corrected chi connectivity index (χ2v) is 3.22. The lowest BCUT2D eigenvalue weighted by atomic mass is 10.1. The molecule has 0 aliphatic rings. The Kier molecular flexibility index (Phi) is 3.87. The first-order valence-electron chi connectivity index (χ1n) is 4.84. The van der Waals surface area contributed by atoms with Crippen molar-refractivity contribution in [1.29, 1.82) is 5.26 Å². The molecule has 0 fully saturated rings. The molecule has 0 aliphatic heterocycles. The van der Waals surface area contributed by atoms with Gasteiger partial charge in [-0.2, -0.15) is 5.26 Å². The first-order valence-corrected chi connectivity index (χ1v) is 4.84. The molecule has 0 aliphatic carbocycles. The molecule has 1 atom stereocenters. The van der Waals surface area contributed by atoms with Crippen LogP contribution in [0.1, 0.15) is 30.6 Å². The van der Waals surface area contributed by atoms with E-state index in [0.29, 0.717) is 17.7 Å². The molecule has 0 aromatic heterocycles. The Balaban J connectivity index is 2.73. The number of hydrogen-bond donors (Lipinski definition) is 0. The quantitative estimate of drug-likeness (QED) is 0.706. The predicted molar refractivity (Wildman–Crippen MR) is 56.8 cm³/mol. The fraction of sp³-hybridized carbons (Fsp3) is 0.333. The van der Waals surface area contributed by atoms with Crippen molar-refractivity contribution in [3.8, 4) is 11.8 Å². The van der Waals surface area contributed by atoms with Crippen molar-refractivity contribution < 1.29 is 9.53 Å². The van der Waals surface area contributed by atoms with Gasteiger partial charge < -0.3 is 4.74 Å². The minimum Gasteiger partial charge on any atom is -0.476 e. The summed E-state index contributed by atoms with van der Waals surface area (Å²) >= 11 is 0. The summed E-state index contributed by atoms with van der Waals surface area (Å²) in [5.41, 5.74) is 0.646. The largest absolute Gasteiger partial charge is 0.476 e. The van der Waals surface area contributed by atoms with Gasteiger partial charge in [-0.1, -0.05) is 6.92 Å². The van der Waals surface area contributed by atoms with Crippen LogP contribution in [-0.4, -0.2) is 11.9 Å². The number of carbonyl (C=O) groups excluding carboxylic acids is 1. The van der Waals surface area contributed by atoms with E-state index in [4.69, 9.17) is 10.00 Å². The van der Waals surface area contributed by atoms with Gasteiger partial charge in [0, 0.05) is 5.56 Å². The zero-order chi connectivity index (χ0) is 11.3. The third-order valence-corrected chi connectivity index (χ3v) is 2.05. The number of nitrogens with zero attached hydrogens (tertiary/aromatic N) is 1. The molecule has 0 saturated carbocycles. The van der Waals surface area contributed by atoms with E-state index in [2.05, 4.69) is 0 Å². The van der Waals surface area contributed by atoms with Crippen LogP contribution in [-0.2, 0) is 0 Å². The van der Waals surface area contributed by atoms with Crippen molar-refractivity contribution in [3.05, 3.63) is 29.8 Å². The zero-order valence-electron chi connectivity index (χ0n) is 8.86. The monoisotopic (exact) mass is 203 g/mol. The van der Waals surface area contributed by atoms with Crippen LogP contribution in [0, 0.1) is 11.3 Å². The average molecular weight is 203 g/mol. The molecule has 1 unspecified atom stereocenters. The van der Waals surface area contributed by atoms with E-state index in [0.717, 1.165) is 0 Å². The standard InChI is InChI=1S/C12H13NO2/c1-3-11(8-13)15-12-6-4-10(5-7-12)9(2)14/h4-7,11H,3H2,1-2H3. The summed E-state index contributed by atoms with van der Waals surface area (Å²) in [4.78, 5) is 11.0. The van der Waals surface area contributed by atoms with Gasteiger partial charge in [0.1, 0.15) is 11.8 Å². The van der Waals surface area contributed by atoms with E-state index < -0.39 is 6.10 Å². The molecule has 0 spiro atoms. The van der Waals surface area contributed by atoms with Gasteiger partial charge in [-0.25, -0.2) is 0 Å². The summed E-state index contributed by atoms with van der Waals surface area (Å²) in [7, 11) is 0. The highest BCUT2D eigenvalue weighted by Crippen LogP contribution is 2.14. The zero-order valence-corrected chi connectivity index (χ0v) is 8.86. The van der Waals surface area contributed by atoms with Gasteiger partial charge in [0.2, 0.25) is 0 Å². The molecular weight excluding hydrogens is 190 g/mol. The summed E-state index contributed by atoms with van der Waals surface area (Å²) in [6.45, 7) is 3.40. The number of hydrogen-bond acceptors (Lipinski definition) is 3. The second kappa shape index (κ2) is 5.16. The van der Waals surface area contributed by atoms with Crippen LogP contribution in [0.5, 0.6) is 5.75 Å². The Morgan fingerprint density at radius 3 is 2.47 bits per heavy atom. The van der Waals surface area contributed by atoms with Crippen LogP contribution >= 0.6 is 0 Å². The number of rotatable bonds is 4. The van der Waals surface area contributed by atoms with Gasteiger partial charge in [-0.05, 0) is 37.6 Å². The van der Waals surface area contributed by atoms with E-state index >= 15 is 0 Å². The number of carbonyl (C=O) groups is 1. The number of ketones is 1. The van der Waals surface area contributed by atoms with Crippen LogP contribution in [0.2, 0.25) is 0 Å². The van der Waals surface area contributed by atoms with Gasteiger partial charge in [0.15, 0.2) is 11.9 Å². The fourth-order valence-corrected chi connectivity index (χ4v) is 1.13. The second-order valence-electron chi connectivity index (χ2n) is 3.22. The van der Waals surface area contributed by atoms with Crippen LogP contribution in [0.25, 0.3) is 0 Å². The number of Topliss-reactive ketones (excluding diaryl/α,β-unsaturated/α-hetero) is 1. The van der Waals surface area contributed by atoms with Crippen molar-refractivity contribution in [3.63, 3.8) is 0 Å². The van der Waals surface area contributed by atoms with Gasteiger partial charge in [-0.3, -0.25) is 4.79 Å². The van der Waals surface area contributed by atoms with Crippen molar-refractivity contribution in [1.82, 2.24) is 0 Å². The lowest BCUT2D eigenvalue weighted by Crippen LogP contribution is -2.12. The average Bonchev–Trinajstić information content (AvgIpc) is 2.26. The maximum absolute atomic E-state index is 11.0. The molecule has 1 aromatic carbocycles. The Morgan fingerprint density at radius 2 is 2.07 bits per heavy atom. The highest BCUT2D eigenvalue weighted by molar-refractivity contribution is 5.94. The minimum atomic E-state index is -0.423. The highest BCUT2D eigenvalue weighted by Gasteiger charge is 2.06. The Bertz CT molecular complexity index is 376. The lowest BCUT2D eigenvalue weighted by Gasteiger charge is -2.09. The van der Waals surface area contributed by atoms with Crippen molar-refractivity contribution in [2.45, 2.75) is 26.4 Å². The summed E-state index contributed by atoms with van der Waals surface area (Å²) in [5.74, 6) is 0.641. The molecule has 3 heteroatoms. The highest BCUT2D eigenvalue weighted by atomic mass is 16.5. The molecule has 0 saturated heterocycles. The van der Waals surface area contributed by atoms with Crippen LogP contribution in [0.4, 0.5) is 0 Å². The number of benzene rings is 1. The molecule has 0 bridgehead atoms. The molecular formula is C12H13NO2. The molecule has 15 heavy (non-hydrogen) atoms. The smallest absolute Gasteiger partial charge is 0.184 e. The Labute approximate surface area is 89.3 Å². The molecule has 0 radical (unpaired) electrons. The molecule has 0 N–H and O–H groups in total. The predicted octanol–water partition coefficient (Wildman–Crippen LogP) is 2.57. The molecule has 1 aromatic rings. The summed E-state index contributed by atoms with van der Waals surface area (Å²) in [6, 6.07) is 8.85. The Hall–Kier alpha value is -1.82. The Morgan fingerprint density at radius 1 is 1.47 bits per heavy atom. The molecule has 3 nitrogen and oxygen atoms in total. The first-order chi connectivity index (χ1) is 7.17. The van der Waals surface area contributed by atoms with Gasteiger partial charge >= 0.3 is 0 Å². The summed E-state index contributed by atoms with van der Waals surface area (Å²) in [5, 5.41) is 8.70. The third-order valence-electron chi connectivity index (χ3n) is 2.05. The molecule has 0 heterocycles. The van der Waals surface area contributed by atoms with Crippen LogP contribution in [0.15, 0.2) is 24.3 Å². The van der Waals surface area contributed by atoms with Crippen molar-refractivity contribution >= 4 is 5.78 Å². The lowest BCUT2D eigenvalue weighted by molar-refractivity contribution is 0.101. The maximum atomic E-state index is 11.0. The molecule has 1 rings (SSSR count). The molecule has 78 valence electrons. The number of ether oxygens (including phenoxy) is 1. The van der Waals surface area contributed by atoms with Gasteiger partial charge in [-0.15, -0.1) is 0 Å². The maximum Gasteiger partial charge on any atom is 0.184 e. The molecule has 0 amide bonds. The fourth-order valence-electron chi connectivity index (χ4n) is 1.13. The van der Waals surface area contributed by atoms with E-state index in [1.165, 1.54) is 6.92 Å². The van der Waals surface area contributed by atoms with Gasteiger partial charge in [0.05, 0.1) is 0 Å². The van der Waals surface area contributed by atoms with Gasteiger partial charge in [0.25, 0.3) is 0 Å².